The van der Waals surface area contributed by atoms with E-state index < -0.39 is 23.5 Å². The average Bonchev–Trinajstić information content (AvgIpc) is 3.63. The molecule has 3 atom stereocenters. The van der Waals surface area contributed by atoms with Gasteiger partial charge in [0, 0.05) is 29.1 Å². The number of carbonyl (C=O) groups is 1. The van der Waals surface area contributed by atoms with Crippen molar-refractivity contribution in [1.82, 2.24) is 4.98 Å². The summed E-state index contributed by atoms with van der Waals surface area (Å²) in [6, 6.07) is 7.35. The van der Waals surface area contributed by atoms with Crippen LogP contribution in [0, 0.1) is 17.1 Å². The predicted octanol–water partition coefficient (Wildman–Crippen LogP) is 6.96. The molecule has 3 heterocycles. The molecule has 3 aromatic rings. The van der Waals surface area contributed by atoms with Crippen molar-refractivity contribution in [2.75, 3.05) is 11.5 Å². The van der Waals surface area contributed by atoms with Crippen molar-refractivity contribution in [2.45, 2.75) is 62.9 Å². The Balaban J connectivity index is 1.20. The largest absolute Gasteiger partial charge is 0.512 e. The number of nitrogens with one attached hydrogen (secondary N) is 1. The minimum absolute atomic E-state index is 0.0381. The molecule has 1 saturated carbocycles. The molecule has 0 radical (unpaired) electrons. The first-order chi connectivity index (χ1) is 19.5. The zero-order chi connectivity index (χ0) is 29.1. The third-order valence-corrected chi connectivity index (χ3v) is 9.15. The Hall–Kier alpha value is -3.51. The lowest BCUT2D eigenvalue weighted by atomic mass is 9.95. The lowest BCUT2D eigenvalue weighted by Gasteiger charge is -2.38. The van der Waals surface area contributed by atoms with Crippen LogP contribution in [0.3, 0.4) is 0 Å². The zero-order valence-corrected chi connectivity index (χ0v) is 22.6. The second-order valence-corrected chi connectivity index (χ2v) is 11.9. The van der Waals surface area contributed by atoms with Crippen molar-refractivity contribution in [3.63, 3.8) is 0 Å². The first-order valence-electron chi connectivity index (χ1n) is 13.4. The number of ether oxygens (including phenoxy) is 1. The number of hydrogen-bond acceptors (Lipinski definition) is 7. The average molecular weight is 590 g/mol. The summed E-state index contributed by atoms with van der Waals surface area (Å²) in [5.74, 6) is -2.15. The summed E-state index contributed by atoms with van der Waals surface area (Å²) in [5, 5.41) is 29.4. The van der Waals surface area contributed by atoms with Crippen LogP contribution in [0.2, 0.25) is 0 Å². The predicted molar refractivity (Wildman–Crippen MR) is 145 cm³/mol. The Kier molecular flexibility index (Phi) is 7.01. The number of aliphatic hydroxyl groups is 1. The molecule has 12 heteroatoms. The van der Waals surface area contributed by atoms with Crippen molar-refractivity contribution in [1.29, 1.82) is 5.41 Å². The summed E-state index contributed by atoms with van der Waals surface area (Å²) in [5.41, 5.74) is -1.54. The van der Waals surface area contributed by atoms with Crippen molar-refractivity contribution < 1.29 is 37.3 Å². The van der Waals surface area contributed by atoms with E-state index >= 15 is 0 Å². The molecule has 3 N–H and O–H groups in total. The third-order valence-electron chi connectivity index (χ3n) is 8.13. The Bertz CT molecular complexity index is 1550. The number of thiazole rings is 1. The van der Waals surface area contributed by atoms with Gasteiger partial charge in [0.1, 0.15) is 11.3 Å². The zero-order valence-electron chi connectivity index (χ0n) is 21.7. The van der Waals surface area contributed by atoms with E-state index in [1.807, 2.05) is 0 Å². The van der Waals surface area contributed by atoms with Gasteiger partial charge in [0.25, 0.3) is 0 Å². The number of fused-ring (bicyclic) bond motifs is 3. The molecule has 2 aromatic carbocycles. The van der Waals surface area contributed by atoms with Crippen LogP contribution in [0.15, 0.2) is 47.7 Å². The quantitative estimate of drug-likeness (QED) is 0.149. The van der Waals surface area contributed by atoms with Gasteiger partial charge in [0.2, 0.25) is 0 Å². The fourth-order valence-corrected chi connectivity index (χ4v) is 7.14. The monoisotopic (exact) mass is 589 g/mol. The molecule has 6 rings (SSSR count). The molecule has 2 bridgehead atoms. The molecule has 216 valence electrons. The summed E-state index contributed by atoms with van der Waals surface area (Å²) < 4.78 is 62.2. The van der Waals surface area contributed by atoms with E-state index in [4.69, 9.17) is 10.1 Å². The molecule has 2 aliphatic heterocycles. The molecule has 2 saturated heterocycles. The molecular weight excluding hydrogens is 562 g/mol. The lowest BCUT2D eigenvalue weighted by Crippen LogP contribution is -2.45. The van der Waals surface area contributed by atoms with Gasteiger partial charge < -0.3 is 19.8 Å². The molecule has 7 nitrogen and oxygen atoms in total. The highest BCUT2D eigenvalue weighted by atomic mass is 32.1. The molecule has 1 aromatic heterocycles. The first-order valence-corrected chi connectivity index (χ1v) is 14.2. The molecule has 0 amide bonds. The number of anilines is 1. The number of allylic oxidation sites excluding steroid dienone is 1. The summed E-state index contributed by atoms with van der Waals surface area (Å²) in [6.07, 6.45) is -0.567. The molecule has 0 spiro atoms. The highest BCUT2D eigenvalue weighted by Gasteiger charge is 2.43. The Morgan fingerprint density at radius 2 is 1.78 bits per heavy atom. The van der Waals surface area contributed by atoms with Crippen molar-refractivity contribution in [2.24, 2.45) is 5.92 Å². The second kappa shape index (κ2) is 10.4. The molecule has 2 unspecified atom stereocenters. The molecule has 3 fully saturated rings. The third kappa shape index (κ3) is 5.30. The standard InChI is InChI=1S/C29H27F4N3O4S/c30-22-9-15(27(38)39)10-23-25(22)35-28(41-23)36-16-7-8-17(36)12-18(11-16)40-13-20(26(37)14-5-6-14)24(34)19-3-1-2-4-21(19)29(31,32)33/h1-4,9-10,14,16-18,34,37H,5-8,11-13H2,(H,38,39)/b26-20-,34-24?/t16-,17?,18?/m0/s1. The van der Waals surface area contributed by atoms with Crippen LogP contribution in [-0.4, -0.2) is 51.7 Å². The second-order valence-electron chi connectivity index (χ2n) is 10.9. The van der Waals surface area contributed by atoms with Gasteiger partial charge in [0.15, 0.2) is 10.9 Å². The fourth-order valence-electron chi connectivity index (χ4n) is 5.98. The summed E-state index contributed by atoms with van der Waals surface area (Å²) in [4.78, 5) is 18.0. The molecule has 41 heavy (non-hydrogen) atoms. The smallest absolute Gasteiger partial charge is 0.417 e. The minimum Gasteiger partial charge on any atom is -0.512 e. The summed E-state index contributed by atoms with van der Waals surface area (Å²) in [6.45, 7) is -0.179. The highest BCUT2D eigenvalue weighted by Crippen LogP contribution is 2.44. The number of rotatable bonds is 8. The SMILES string of the molecule is N=C(/C(COC1CC2CC[C@@H](C1)N2c1nc2c(F)cc(C(=O)O)cc2s1)=C(\O)C1CC1)c1ccccc1C(F)(F)F. The van der Waals surface area contributed by atoms with Crippen molar-refractivity contribution >= 4 is 38.4 Å². The number of alkyl halides is 3. The number of nitrogens with zero attached hydrogens (tertiary/aromatic N) is 2. The fraction of sp³-hybridized carbons (Fsp3) is 0.414. The topological polar surface area (TPSA) is 107 Å². The van der Waals surface area contributed by atoms with Gasteiger partial charge in [-0.1, -0.05) is 29.5 Å². The molecular formula is C29H27F4N3O4S. The maximum Gasteiger partial charge on any atom is 0.417 e. The normalized spacial score (nSPS) is 23.1. The number of hydrogen-bond donors (Lipinski definition) is 3. The van der Waals surface area contributed by atoms with E-state index in [2.05, 4.69) is 9.88 Å². The lowest BCUT2D eigenvalue weighted by molar-refractivity contribution is -0.137. The van der Waals surface area contributed by atoms with E-state index in [-0.39, 0.29) is 64.4 Å². The van der Waals surface area contributed by atoms with Gasteiger partial charge >= 0.3 is 12.1 Å². The number of halogens is 4. The number of aliphatic hydroxyl groups excluding tert-OH is 1. The number of piperidine rings is 1. The van der Waals surface area contributed by atoms with Gasteiger partial charge in [-0.3, -0.25) is 5.41 Å². The van der Waals surface area contributed by atoms with E-state index in [0.717, 1.165) is 25.0 Å². The van der Waals surface area contributed by atoms with Crippen LogP contribution < -0.4 is 4.90 Å². The Morgan fingerprint density at radius 1 is 1.10 bits per heavy atom. The van der Waals surface area contributed by atoms with Gasteiger partial charge in [-0.15, -0.1) is 0 Å². The molecule has 1 aliphatic carbocycles. The van der Waals surface area contributed by atoms with E-state index in [1.165, 1.54) is 35.6 Å². The van der Waals surface area contributed by atoms with E-state index in [0.29, 0.717) is 35.5 Å². The Morgan fingerprint density at radius 3 is 2.41 bits per heavy atom. The highest BCUT2D eigenvalue weighted by molar-refractivity contribution is 7.22. The maximum absolute atomic E-state index is 14.6. The molecule has 3 aliphatic rings. The van der Waals surface area contributed by atoms with Gasteiger partial charge in [-0.2, -0.15) is 13.2 Å². The van der Waals surface area contributed by atoms with E-state index in [1.54, 1.807) is 0 Å². The number of carboxylic acids is 1. The van der Waals surface area contributed by atoms with Crippen molar-refractivity contribution in [3.8, 4) is 0 Å². The number of aromatic nitrogens is 1. The number of aromatic carboxylic acids is 1. The van der Waals surface area contributed by atoms with Crippen LogP contribution in [0.4, 0.5) is 22.7 Å². The van der Waals surface area contributed by atoms with Crippen LogP contribution in [0.5, 0.6) is 0 Å². The summed E-state index contributed by atoms with van der Waals surface area (Å²) in [7, 11) is 0. The van der Waals surface area contributed by atoms with Gasteiger partial charge in [-0.05, 0) is 56.7 Å². The van der Waals surface area contributed by atoms with E-state index in [9.17, 15) is 32.6 Å². The first kappa shape index (κ1) is 27.6. The van der Waals surface area contributed by atoms with Crippen LogP contribution >= 0.6 is 11.3 Å². The van der Waals surface area contributed by atoms with Crippen LogP contribution in [0.1, 0.15) is 60.0 Å². The van der Waals surface area contributed by atoms with Gasteiger partial charge in [-0.25, -0.2) is 14.2 Å². The Labute approximate surface area is 236 Å². The van der Waals surface area contributed by atoms with Crippen LogP contribution in [0.25, 0.3) is 10.2 Å². The minimum atomic E-state index is -4.64. The van der Waals surface area contributed by atoms with Gasteiger partial charge in [0.05, 0.1) is 34.2 Å². The summed E-state index contributed by atoms with van der Waals surface area (Å²) >= 11 is 1.25. The number of benzene rings is 2. The maximum atomic E-state index is 14.6. The van der Waals surface area contributed by atoms with Crippen LogP contribution in [-0.2, 0) is 10.9 Å². The number of carboxylic acid groups (broad SMARTS) is 1. The van der Waals surface area contributed by atoms with Crippen molar-refractivity contribution in [3.05, 3.63) is 70.2 Å².